The van der Waals surface area contributed by atoms with E-state index in [1.165, 1.54) is 4.90 Å². The minimum atomic E-state index is -0.765. The summed E-state index contributed by atoms with van der Waals surface area (Å²) >= 11 is 0. The van der Waals surface area contributed by atoms with E-state index in [2.05, 4.69) is 5.32 Å². The van der Waals surface area contributed by atoms with Crippen LogP contribution in [0.25, 0.3) is 0 Å². The number of carbonyl (C=O) groups is 3. The lowest BCUT2D eigenvalue weighted by Gasteiger charge is -2.35. The summed E-state index contributed by atoms with van der Waals surface area (Å²) in [5, 5.41) is 2.78. The Morgan fingerprint density at radius 1 is 1.03 bits per heavy atom. The van der Waals surface area contributed by atoms with Crippen LogP contribution in [-0.4, -0.2) is 34.9 Å². The smallest absolute Gasteiger partial charge is 0.411 e. The molecule has 0 bridgehead atoms. The Morgan fingerprint density at radius 3 is 2.39 bits per heavy atom. The fourth-order valence-corrected chi connectivity index (χ4v) is 3.95. The molecule has 0 saturated heterocycles. The number of ether oxygens (including phenoxy) is 1. The van der Waals surface area contributed by atoms with E-state index in [4.69, 9.17) is 10.5 Å². The molecule has 4 rings (SSSR count). The van der Waals surface area contributed by atoms with E-state index in [1.807, 2.05) is 54.6 Å². The third-order valence-corrected chi connectivity index (χ3v) is 5.92. The molecule has 3 amide bonds. The van der Waals surface area contributed by atoms with Crippen LogP contribution >= 0.6 is 0 Å². The van der Waals surface area contributed by atoms with Gasteiger partial charge in [-0.3, -0.25) is 14.5 Å². The summed E-state index contributed by atoms with van der Waals surface area (Å²) in [6.45, 7) is 0.392. The summed E-state index contributed by atoms with van der Waals surface area (Å²) in [4.78, 5) is 39.4. The average molecular weight is 421 g/mol. The lowest BCUT2D eigenvalue weighted by atomic mass is 9.93. The molecule has 7 heteroatoms. The van der Waals surface area contributed by atoms with Crippen molar-refractivity contribution in [3.8, 4) is 0 Å². The number of nitrogens with zero attached hydrogens (tertiary/aromatic N) is 1. The Hall–Kier alpha value is -3.35. The van der Waals surface area contributed by atoms with Gasteiger partial charge in [0.05, 0.1) is 6.54 Å². The van der Waals surface area contributed by atoms with Crippen molar-refractivity contribution in [3.05, 3.63) is 71.3 Å². The molecule has 0 spiro atoms. The molecule has 1 heterocycles. The van der Waals surface area contributed by atoms with Crippen LogP contribution < -0.4 is 11.1 Å². The van der Waals surface area contributed by atoms with E-state index in [0.29, 0.717) is 18.8 Å². The first kappa shape index (κ1) is 20.9. The van der Waals surface area contributed by atoms with Crippen molar-refractivity contribution >= 4 is 17.9 Å². The van der Waals surface area contributed by atoms with Crippen LogP contribution in [0.4, 0.5) is 4.79 Å². The molecule has 1 aliphatic carbocycles. The summed E-state index contributed by atoms with van der Waals surface area (Å²) in [5.74, 6) is -0.498. The highest BCUT2D eigenvalue weighted by Gasteiger charge is 2.38. The molecule has 0 unspecified atom stereocenters. The van der Waals surface area contributed by atoms with Gasteiger partial charge in [-0.05, 0) is 29.0 Å². The summed E-state index contributed by atoms with van der Waals surface area (Å²) in [6.07, 6.45) is 2.44. The Bertz CT molecular complexity index is 958. The van der Waals surface area contributed by atoms with E-state index in [1.54, 1.807) is 0 Å². The monoisotopic (exact) mass is 421 g/mol. The zero-order valence-corrected chi connectivity index (χ0v) is 17.3. The fourth-order valence-electron chi connectivity index (χ4n) is 3.95. The number of primary amides is 1. The molecule has 1 saturated carbocycles. The van der Waals surface area contributed by atoms with Gasteiger partial charge < -0.3 is 15.8 Å². The molecule has 0 aromatic heterocycles. The lowest BCUT2D eigenvalue weighted by Crippen LogP contribution is -2.56. The molecule has 2 aliphatic rings. The van der Waals surface area contributed by atoms with Gasteiger partial charge >= 0.3 is 6.09 Å². The Balaban J connectivity index is 1.49. The van der Waals surface area contributed by atoms with Gasteiger partial charge in [-0.25, -0.2) is 4.79 Å². The first-order chi connectivity index (χ1) is 15.0. The molecular formula is C24H27N3O4. The van der Waals surface area contributed by atoms with Gasteiger partial charge in [-0.15, -0.1) is 0 Å². The van der Waals surface area contributed by atoms with Crippen LogP contribution in [0.2, 0.25) is 0 Å². The van der Waals surface area contributed by atoms with Crippen LogP contribution in [-0.2, 0) is 33.9 Å². The second kappa shape index (κ2) is 9.20. The third kappa shape index (κ3) is 5.23. The molecule has 7 nitrogen and oxygen atoms in total. The predicted molar refractivity (Wildman–Crippen MR) is 115 cm³/mol. The molecule has 1 aliphatic heterocycles. The fraction of sp³-hybridized carbons (Fsp3) is 0.375. The zero-order chi connectivity index (χ0) is 21.8. The summed E-state index contributed by atoms with van der Waals surface area (Å²) < 4.78 is 5.51. The van der Waals surface area contributed by atoms with Gasteiger partial charge in [0.2, 0.25) is 11.8 Å². The van der Waals surface area contributed by atoms with E-state index in [9.17, 15) is 14.4 Å². The van der Waals surface area contributed by atoms with Crippen LogP contribution in [0.5, 0.6) is 0 Å². The third-order valence-electron chi connectivity index (χ3n) is 5.92. The summed E-state index contributed by atoms with van der Waals surface area (Å²) in [5.41, 5.74) is 8.37. The minimum Gasteiger partial charge on any atom is -0.445 e. The van der Waals surface area contributed by atoms with E-state index in [0.717, 1.165) is 29.5 Å². The zero-order valence-electron chi connectivity index (χ0n) is 17.3. The largest absolute Gasteiger partial charge is 0.445 e. The van der Waals surface area contributed by atoms with Crippen molar-refractivity contribution in [2.24, 2.45) is 11.7 Å². The number of benzene rings is 2. The van der Waals surface area contributed by atoms with Crippen LogP contribution in [0.3, 0.4) is 0 Å². The second-order valence-electron chi connectivity index (χ2n) is 8.30. The van der Waals surface area contributed by atoms with Crippen molar-refractivity contribution in [1.29, 1.82) is 0 Å². The number of hydrogen-bond donors (Lipinski definition) is 2. The number of nitrogens with one attached hydrogen (secondary N) is 1. The van der Waals surface area contributed by atoms with Crippen molar-refractivity contribution < 1.29 is 19.1 Å². The van der Waals surface area contributed by atoms with Crippen LogP contribution in [0.15, 0.2) is 54.6 Å². The molecule has 2 aromatic rings. The van der Waals surface area contributed by atoms with Crippen LogP contribution in [0, 0.1) is 5.92 Å². The summed E-state index contributed by atoms with van der Waals surface area (Å²) in [7, 11) is 0. The minimum absolute atomic E-state index is 0.123. The second-order valence-corrected chi connectivity index (χ2v) is 8.30. The van der Waals surface area contributed by atoms with Crippen molar-refractivity contribution in [2.75, 3.05) is 0 Å². The lowest BCUT2D eigenvalue weighted by molar-refractivity contribution is -0.131. The standard InChI is InChI=1S/C24H27N3O4/c25-22(28)20(12-16-10-11-16)26-23(29)21-13-18-8-4-5-9-19(18)14-27(21)24(30)31-15-17-6-2-1-3-7-17/h1-9,16,20-21H,10-15H2,(H2,25,28)(H,26,29)/t20-,21-/m0/s1. The molecule has 2 atom stereocenters. The van der Waals surface area contributed by atoms with E-state index >= 15 is 0 Å². The van der Waals surface area contributed by atoms with Gasteiger partial charge in [0.25, 0.3) is 0 Å². The number of amides is 3. The molecule has 0 radical (unpaired) electrons. The number of rotatable bonds is 7. The van der Waals surface area contributed by atoms with Gasteiger partial charge in [0.1, 0.15) is 18.7 Å². The topological polar surface area (TPSA) is 102 Å². The molecular weight excluding hydrogens is 394 g/mol. The maximum Gasteiger partial charge on any atom is 0.411 e. The van der Waals surface area contributed by atoms with Gasteiger partial charge in [-0.1, -0.05) is 67.4 Å². The van der Waals surface area contributed by atoms with Crippen molar-refractivity contribution in [2.45, 2.75) is 50.9 Å². The van der Waals surface area contributed by atoms with Crippen molar-refractivity contribution in [3.63, 3.8) is 0 Å². The van der Waals surface area contributed by atoms with E-state index in [-0.39, 0.29) is 19.1 Å². The molecule has 1 fully saturated rings. The van der Waals surface area contributed by atoms with Crippen LogP contribution in [0.1, 0.15) is 36.0 Å². The maximum absolute atomic E-state index is 13.1. The average Bonchev–Trinajstić information content (AvgIpc) is 3.61. The highest BCUT2D eigenvalue weighted by atomic mass is 16.6. The maximum atomic E-state index is 13.1. The van der Waals surface area contributed by atoms with Gasteiger partial charge in [0, 0.05) is 6.42 Å². The molecule has 2 aromatic carbocycles. The summed E-state index contributed by atoms with van der Waals surface area (Å²) in [6, 6.07) is 15.6. The first-order valence-corrected chi connectivity index (χ1v) is 10.6. The molecule has 162 valence electrons. The SMILES string of the molecule is NC(=O)[C@H](CC1CC1)NC(=O)[C@@H]1Cc2ccccc2CN1C(=O)OCc1ccccc1. The van der Waals surface area contributed by atoms with Gasteiger partial charge in [0.15, 0.2) is 0 Å². The number of fused-ring (bicyclic) bond motifs is 1. The molecule has 31 heavy (non-hydrogen) atoms. The molecule has 3 N–H and O–H groups in total. The Kier molecular flexibility index (Phi) is 6.21. The first-order valence-electron chi connectivity index (χ1n) is 10.6. The Morgan fingerprint density at radius 2 is 1.71 bits per heavy atom. The number of carbonyl (C=O) groups excluding carboxylic acids is 3. The predicted octanol–water partition coefficient (Wildman–Crippen LogP) is 2.52. The number of nitrogens with two attached hydrogens (primary N) is 1. The van der Waals surface area contributed by atoms with Crippen molar-refractivity contribution in [1.82, 2.24) is 10.2 Å². The number of hydrogen-bond acceptors (Lipinski definition) is 4. The Labute approximate surface area is 181 Å². The normalized spacial score (nSPS) is 18.6. The van der Waals surface area contributed by atoms with Gasteiger partial charge in [-0.2, -0.15) is 0 Å². The quantitative estimate of drug-likeness (QED) is 0.717. The van der Waals surface area contributed by atoms with E-state index < -0.39 is 24.1 Å². The highest BCUT2D eigenvalue weighted by molar-refractivity contribution is 5.91. The highest BCUT2D eigenvalue weighted by Crippen LogP contribution is 2.33.